The number of ether oxygens (including phenoxy) is 1. The molecule has 1 aliphatic rings. The van der Waals surface area contributed by atoms with Gasteiger partial charge in [-0.25, -0.2) is 4.98 Å². The summed E-state index contributed by atoms with van der Waals surface area (Å²) in [6.07, 6.45) is 0. The molecule has 0 aliphatic carbocycles. The maximum absolute atomic E-state index is 14.0. The number of hydrogen-bond acceptors (Lipinski definition) is 6. The van der Waals surface area contributed by atoms with Gasteiger partial charge in [0, 0.05) is 6.07 Å². The Bertz CT molecular complexity index is 1430. The molecule has 0 bridgehead atoms. The van der Waals surface area contributed by atoms with E-state index in [1.165, 1.54) is 11.0 Å². The first-order valence-corrected chi connectivity index (χ1v) is 11.2. The minimum Gasteiger partial charge on any atom is -0.465 e. The van der Waals surface area contributed by atoms with E-state index in [1.54, 1.807) is 29.7 Å². The summed E-state index contributed by atoms with van der Waals surface area (Å²) in [7, 11) is 0. The molecule has 0 saturated heterocycles. The smallest absolute Gasteiger partial charge is 0.321 e. The fourth-order valence-electron chi connectivity index (χ4n) is 4.65. The van der Waals surface area contributed by atoms with Gasteiger partial charge in [-0.3, -0.25) is 24.6 Å². The number of esters is 1. The molecular formula is C26H22N4O5. The lowest BCUT2D eigenvalue weighted by Crippen LogP contribution is -2.49. The number of para-hydroxylation sites is 3. The minimum atomic E-state index is -1.33. The van der Waals surface area contributed by atoms with Gasteiger partial charge in [-0.1, -0.05) is 60.7 Å². The van der Waals surface area contributed by atoms with Crippen molar-refractivity contribution in [3.8, 4) is 0 Å². The summed E-state index contributed by atoms with van der Waals surface area (Å²) in [5.41, 5.74) is 2.19. The van der Waals surface area contributed by atoms with E-state index in [9.17, 15) is 19.7 Å². The van der Waals surface area contributed by atoms with Gasteiger partial charge in [-0.2, -0.15) is 0 Å². The van der Waals surface area contributed by atoms with Crippen LogP contribution in [0.2, 0.25) is 0 Å². The van der Waals surface area contributed by atoms with Gasteiger partial charge in [0.15, 0.2) is 5.92 Å². The van der Waals surface area contributed by atoms with Crippen molar-refractivity contribution >= 4 is 34.5 Å². The highest BCUT2D eigenvalue weighted by Crippen LogP contribution is 2.44. The van der Waals surface area contributed by atoms with Crippen molar-refractivity contribution < 1.29 is 19.2 Å². The first-order valence-electron chi connectivity index (χ1n) is 11.2. The molecule has 4 aromatic rings. The number of anilines is 1. The highest BCUT2D eigenvalue weighted by Gasteiger charge is 2.49. The third-order valence-corrected chi connectivity index (χ3v) is 6.12. The molecule has 2 atom stereocenters. The lowest BCUT2D eigenvalue weighted by atomic mass is 9.88. The van der Waals surface area contributed by atoms with Gasteiger partial charge in [0.1, 0.15) is 0 Å². The minimum absolute atomic E-state index is 0.0719. The molecule has 1 aromatic heterocycles. The molecule has 2 heterocycles. The quantitative estimate of drug-likeness (QED) is 0.180. The van der Waals surface area contributed by atoms with Crippen LogP contribution in [0.25, 0.3) is 11.0 Å². The standard InChI is InChI=1S/C26H22N4O5/c1-2-35-25(32)22-23(18-12-6-8-14-20(18)30(33)34)29-21-15-9-7-13-19(21)27-26(29)28(24(22)31)16-17-10-4-3-5-11-17/h3-15,22-23H,2,16H2,1H3/t22-,23-/m0/s1. The number of aromatic nitrogens is 2. The van der Waals surface area contributed by atoms with Crippen LogP contribution in [0, 0.1) is 16.0 Å². The molecule has 0 spiro atoms. The number of carbonyl (C=O) groups is 2. The number of rotatable bonds is 6. The lowest BCUT2D eigenvalue weighted by molar-refractivity contribution is -0.385. The second-order valence-corrected chi connectivity index (χ2v) is 8.17. The van der Waals surface area contributed by atoms with E-state index in [1.807, 2.05) is 54.6 Å². The number of nitrogens with zero attached hydrogens (tertiary/aromatic N) is 4. The van der Waals surface area contributed by atoms with Crippen LogP contribution in [-0.4, -0.2) is 33.0 Å². The molecule has 0 unspecified atom stereocenters. The van der Waals surface area contributed by atoms with Gasteiger partial charge < -0.3 is 9.30 Å². The van der Waals surface area contributed by atoms with Crippen molar-refractivity contribution in [2.45, 2.75) is 19.5 Å². The van der Waals surface area contributed by atoms with Crippen LogP contribution >= 0.6 is 0 Å². The fourth-order valence-corrected chi connectivity index (χ4v) is 4.65. The van der Waals surface area contributed by atoms with Gasteiger partial charge >= 0.3 is 5.97 Å². The fraction of sp³-hybridized carbons (Fsp3) is 0.192. The first-order chi connectivity index (χ1) is 17.0. The van der Waals surface area contributed by atoms with Crippen LogP contribution in [-0.2, 0) is 20.9 Å². The summed E-state index contributed by atoms with van der Waals surface area (Å²) >= 11 is 0. The average Bonchev–Trinajstić information content (AvgIpc) is 3.25. The molecular weight excluding hydrogens is 448 g/mol. The second kappa shape index (κ2) is 9.02. The highest BCUT2D eigenvalue weighted by molar-refractivity contribution is 6.08. The molecule has 9 heteroatoms. The van der Waals surface area contributed by atoms with E-state index < -0.39 is 28.8 Å². The third-order valence-electron chi connectivity index (χ3n) is 6.12. The predicted molar refractivity (Wildman–Crippen MR) is 129 cm³/mol. The molecule has 1 amide bonds. The monoisotopic (exact) mass is 470 g/mol. The Kier molecular flexibility index (Phi) is 5.74. The lowest BCUT2D eigenvalue weighted by Gasteiger charge is -2.37. The van der Waals surface area contributed by atoms with Gasteiger partial charge in [0.2, 0.25) is 11.9 Å². The third kappa shape index (κ3) is 3.80. The van der Waals surface area contributed by atoms with Crippen molar-refractivity contribution in [2.75, 3.05) is 11.5 Å². The molecule has 0 N–H and O–H groups in total. The number of fused-ring (bicyclic) bond motifs is 3. The van der Waals surface area contributed by atoms with Gasteiger partial charge in [-0.05, 0) is 24.6 Å². The molecule has 0 fully saturated rings. The Morgan fingerprint density at radius 3 is 2.46 bits per heavy atom. The molecule has 35 heavy (non-hydrogen) atoms. The first kappa shape index (κ1) is 22.3. The normalized spacial score (nSPS) is 17.3. The van der Waals surface area contributed by atoms with E-state index >= 15 is 0 Å². The zero-order valence-electron chi connectivity index (χ0n) is 18.9. The SMILES string of the molecule is CCOC(=O)[C@@H]1C(=O)N(Cc2ccccc2)c2nc3ccccc3n2[C@H]1c1ccccc1[N+](=O)[O-]. The molecule has 0 saturated carbocycles. The Hall–Kier alpha value is -4.53. The van der Waals surface area contributed by atoms with Crippen LogP contribution in [0.15, 0.2) is 78.9 Å². The summed E-state index contributed by atoms with van der Waals surface area (Å²) in [6, 6.07) is 21.8. The largest absolute Gasteiger partial charge is 0.465 e. The Morgan fingerprint density at radius 1 is 1.03 bits per heavy atom. The highest BCUT2D eigenvalue weighted by atomic mass is 16.6. The second-order valence-electron chi connectivity index (χ2n) is 8.17. The van der Waals surface area contributed by atoms with Gasteiger partial charge in [-0.15, -0.1) is 0 Å². The van der Waals surface area contributed by atoms with Crippen LogP contribution in [0.3, 0.4) is 0 Å². The number of nitro groups is 1. The number of amides is 1. The average molecular weight is 470 g/mol. The van der Waals surface area contributed by atoms with Crippen molar-refractivity contribution in [3.63, 3.8) is 0 Å². The summed E-state index contributed by atoms with van der Waals surface area (Å²) in [5, 5.41) is 11.9. The Balaban J connectivity index is 1.79. The summed E-state index contributed by atoms with van der Waals surface area (Å²) in [4.78, 5) is 44.8. The predicted octanol–water partition coefficient (Wildman–Crippen LogP) is 4.26. The Morgan fingerprint density at radius 2 is 1.71 bits per heavy atom. The van der Waals surface area contributed by atoms with Crippen molar-refractivity contribution in [1.82, 2.24) is 9.55 Å². The number of nitro benzene ring substituents is 1. The molecule has 9 nitrogen and oxygen atoms in total. The van der Waals surface area contributed by atoms with Crippen LogP contribution in [0.4, 0.5) is 11.6 Å². The Labute approximate surface area is 200 Å². The number of benzene rings is 3. The topological polar surface area (TPSA) is 108 Å². The number of carbonyl (C=O) groups excluding carboxylic acids is 2. The van der Waals surface area contributed by atoms with Crippen LogP contribution in [0.1, 0.15) is 24.1 Å². The van der Waals surface area contributed by atoms with E-state index in [-0.39, 0.29) is 24.4 Å². The van der Waals surface area contributed by atoms with Gasteiger partial charge in [0.05, 0.1) is 40.7 Å². The van der Waals surface area contributed by atoms with Crippen molar-refractivity contribution in [3.05, 3.63) is 100 Å². The van der Waals surface area contributed by atoms with E-state index in [2.05, 4.69) is 0 Å². The zero-order chi connectivity index (χ0) is 24.5. The summed E-state index contributed by atoms with van der Waals surface area (Å²) < 4.78 is 7.07. The molecule has 1 aliphatic heterocycles. The number of imidazole rings is 1. The molecule has 176 valence electrons. The van der Waals surface area contributed by atoms with E-state index in [4.69, 9.17) is 9.72 Å². The van der Waals surface area contributed by atoms with Crippen molar-refractivity contribution in [1.29, 1.82) is 0 Å². The van der Waals surface area contributed by atoms with Crippen LogP contribution in [0.5, 0.6) is 0 Å². The molecule has 3 aromatic carbocycles. The summed E-state index contributed by atoms with van der Waals surface area (Å²) in [6.45, 7) is 1.91. The van der Waals surface area contributed by atoms with Crippen LogP contribution < -0.4 is 4.90 Å². The molecule has 5 rings (SSSR count). The molecule has 0 radical (unpaired) electrons. The summed E-state index contributed by atoms with van der Waals surface area (Å²) in [5.74, 6) is -2.26. The number of hydrogen-bond donors (Lipinski definition) is 0. The van der Waals surface area contributed by atoms with E-state index in [0.29, 0.717) is 17.0 Å². The zero-order valence-corrected chi connectivity index (χ0v) is 18.9. The van der Waals surface area contributed by atoms with Gasteiger partial charge in [0.25, 0.3) is 5.69 Å². The maximum atomic E-state index is 14.0. The van der Waals surface area contributed by atoms with E-state index in [0.717, 1.165) is 5.56 Å². The maximum Gasteiger partial charge on any atom is 0.321 e. The van der Waals surface area contributed by atoms with Crippen molar-refractivity contribution in [2.24, 2.45) is 5.92 Å².